The topological polar surface area (TPSA) is 59.2 Å². The number of halogens is 2. The fourth-order valence-electron chi connectivity index (χ4n) is 2.91. The fraction of sp³-hybridized carbons (Fsp3) is 0.600. The number of hydrogen-bond acceptors (Lipinski definition) is 3. The molecule has 0 spiro atoms. The normalized spacial score (nSPS) is 15.7. The number of amides is 1. The third-order valence-corrected chi connectivity index (χ3v) is 4.15. The predicted molar refractivity (Wildman–Crippen MR) is 89.8 cm³/mol. The highest BCUT2D eigenvalue weighted by Crippen LogP contribution is 2.39. The Kier molecular flexibility index (Phi) is 8.86. The van der Waals surface area contributed by atoms with E-state index < -0.39 is 0 Å². The highest BCUT2D eigenvalue weighted by atomic mass is 35.5. The van der Waals surface area contributed by atoms with Crippen molar-refractivity contribution in [2.24, 2.45) is 11.1 Å². The molecule has 1 saturated carbocycles. The molecule has 0 saturated heterocycles. The van der Waals surface area contributed by atoms with Gasteiger partial charge in [0.1, 0.15) is 0 Å². The Labute approximate surface area is 139 Å². The average Bonchev–Trinajstić information content (AvgIpc) is 2.95. The molecule has 0 radical (unpaired) electrons. The van der Waals surface area contributed by atoms with E-state index in [9.17, 15) is 4.79 Å². The molecule has 1 amide bonds. The summed E-state index contributed by atoms with van der Waals surface area (Å²) in [7, 11) is 0. The van der Waals surface area contributed by atoms with Crippen LogP contribution in [0.2, 0.25) is 0 Å². The van der Waals surface area contributed by atoms with E-state index in [-0.39, 0.29) is 36.1 Å². The zero-order chi connectivity index (χ0) is 13.7. The fourth-order valence-corrected chi connectivity index (χ4v) is 2.91. The summed E-state index contributed by atoms with van der Waals surface area (Å²) in [6.45, 7) is 3.76. The third kappa shape index (κ3) is 4.56. The Balaban J connectivity index is 0.00000200. The van der Waals surface area contributed by atoms with E-state index in [4.69, 9.17) is 5.73 Å². The highest BCUT2D eigenvalue weighted by molar-refractivity contribution is 5.85. The summed E-state index contributed by atoms with van der Waals surface area (Å²) in [4.78, 5) is 18.9. The monoisotopic (exact) mass is 333 g/mol. The van der Waals surface area contributed by atoms with Crippen molar-refractivity contribution in [3.63, 3.8) is 0 Å². The maximum Gasteiger partial charge on any atom is 0.230 e. The van der Waals surface area contributed by atoms with Crippen molar-refractivity contribution in [2.75, 3.05) is 13.1 Å². The zero-order valence-electron chi connectivity index (χ0n) is 12.5. The molecule has 0 aliphatic heterocycles. The standard InChI is InChI=1S/C15H23N3O.2ClH/c1-2-18(11-13-7-3-6-10-17-13)14(19)15(12-16)8-4-5-9-15;;/h3,6-7,10H,2,4-5,8-9,11-12,16H2,1H3;2*1H. The van der Waals surface area contributed by atoms with Crippen LogP contribution in [0.3, 0.4) is 0 Å². The summed E-state index contributed by atoms with van der Waals surface area (Å²) in [6.07, 6.45) is 5.86. The molecule has 0 atom stereocenters. The Morgan fingerprint density at radius 2 is 2.00 bits per heavy atom. The summed E-state index contributed by atoms with van der Waals surface area (Å²) < 4.78 is 0. The number of nitrogens with two attached hydrogens (primary N) is 1. The van der Waals surface area contributed by atoms with Crippen LogP contribution in [0.5, 0.6) is 0 Å². The lowest BCUT2D eigenvalue weighted by atomic mass is 9.84. The van der Waals surface area contributed by atoms with Crippen LogP contribution in [-0.2, 0) is 11.3 Å². The van der Waals surface area contributed by atoms with Crippen LogP contribution in [-0.4, -0.2) is 28.9 Å². The van der Waals surface area contributed by atoms with E-state index in [0.29, 0.717) is 19.6 Å². The molecule has 2 N–H and O–H groups in total. The van der Waals surface area contributed by atoms with Gasteiger partial charge in [0.05, 0.1) is 17.7 Å². The van der Waals surface area contributed by atoms with Gasteiger partial charge in [0.2, 0.25) is 5.91 Å². The molecule has 0 bridgehead atoms. The minimum Gasteiger partial charge on any atom is -0.337 e. The summed E-state index contributed by atoms with van der Waals surface area (Å²) in [5.41, 5.74) is 6.51. The second-order valence-electron chi connectivity index (χ2n) is 5.33. The van der Waals surface area contributed by atoms with Crippen LogP contribution < -0.4 is 5.73 Å². The van der Waals surface area contributed by atoms with E-state index in [1.165, 1.54) is 0 Å². The maximum atomic E-state index is 12.8. The molecule has 1 aliphatic carbocycles. The molecule has 1 aliphatic rings. The van der Waals surface area contributed by atoms with E-state index >= 15 is 0 Å². The maximum absolute atomic E-state index is 12.8. The number of carbonyl (C=O) groups is 1. The second-order valence-corrected chi connectivity index (χ2v) is 5.33. The molecule has 0 unspecified atom stereocenters. The Morgan fingerprint density at radius 3 is 2.48 bits per heavy atom. The first-order valence-electron chi connectivity index (χ1n) is 7.11. The molecule has 1 aromatic rings. The smallest absolute Gasteiger partial charge is 0.230 e. The van der Waals surface area contributed by atoms with Crippen molar-refractivity contribution >= 4 is 30.7 Å². The van der Waals surface area contributed by atoms with Crippen LogP contribution in [0.15, 0.2) is 24.4 Å². The number of pyridine rings is 1. The first-order valence-corrected chi connectivity index (χ1v) is 7.11. The Morgan fingerprint density at radius 1 is 1.33 bits per heavy atom. The van der Waals surface area contributed by atoms with Crippen molar-refractivity contribution in [2.45, 2.75) is 39.2 Å². The lowest BCUT2D eigenvalue weighted by Crippen LogP contribution is -2.46. The first kappa shape index (κ1) is 20.2. The summed E-state index contributed by atoms with van der Waals surface area (Å²) in [6, 6.07) is 5.80. The van der Waals surface area contributed by atoms with Gasteiger partial charge in [-0.25, -0.2) is 0 Å². The van der Waals surface area contributed by atoms with Gasteiger partial charge in [-0.3, -0.25) is 9.78 Å². The van der Waals surface area contributed by atoms with Crippen molar-refractivity contribution in [1.29, 1.82) is 0 Å². The van der Waals surface area contributed by atoms with Crippen LogP contribution in [0.1, 0.15) is 38.3 Å². The van der Waals surface area contributed by atoms with E-state index in [2.05, 4.69) is 4.98 Å². The number of aromatic nitrogens is 1. The largest absolute Gasteiger partial charge is 0.337 e. The van der Waals surface area contributed by atoms with Gasteiger partial charge in [-0.05, 0) is 31.9 Å². The number of nitrogens with zero attached hydrogens (tertiary/aromatic N) is 2. The molecule has 0 aromatic carbocycles. The van der Waals surface area contributed by atoms with Crippen LogP contribution >= 0.6 is 24.8 Å². The minimum atomic E-state index is -0.315. The molecule has 2 rings (SSSR count). The molecule has 4 nitrogen and oxygen atoms in total. The summed E-state index contributed by atoms with van der Waals surface area (Å²) in [5.74, 6) is 0.209. The molecular weight excluding hydrogens is 309 g/mol. The minimum absolute atomic E-state index is 0. The Hall–Kier alpha value is -0.840. The number of rotatable bonds is 5. The lowest BCUT2D eigenvalue weighted by molar-refractivity contribution is -0.141. The van der Waals surface area contributed by atoms with Gasteiger partial charge in [-0.15, -0.1) is 24.8 Å². The van der Waals surface area contributed by atoms with E-state index in [1.807, 2.05) is 30.0 Å². The van der Waals surface area contributed by atoms with Crippen molar-refractivity contribution in [3.8, 4) is 0 Å². The molecule has 1 fully saturated rings. The quantitative estimate of drug-likeness (QED) is 0.901. The van der Waals surface area contributed by atoms with E-state index in [1.54, 1.807) is 6.20 Å². The molecule has 120 valence electrons. The van der Waals surface area contributed by atoms with Gasteiger partial charge in [-0.1, -0.05) is 18.9 Å². The second kappa shape index (κ2) is 9.23. The van der Waals surface area contributed by atoms with Gasteiger partial charge in [0, 0.05) is 19.3 Å². The van der Waals surface area contributed by atoms with Gasteiger partial charge >= 0.3 is 0 Å². The SMILES string of the molecule is CCN(Cc1ccccn1)C(=O)C1(CN)CCCC1.Cl.Cl. The molecule has 21 heavy (non-hydrogen) atoms. The molecule has 1 aromatic heterocycles. The molecular formula is C15H25Cl2N3O. The van der Waals surface area contributed by atoms with Gasteiger partial charge in [-0.2, -0.15) is 0 Å². The Bertz CT molecular complexity index is 422. The van der Waals surface area contributed by atoms with Crippen LogP contribution in [0.4, 0.5) is 0 Å². The number of carbonyl (C=O) groups excluding carboxylic acids is 1. The third-order valence-electron chi connectivity index (χ3n) is 4.15. The van der Waals surface area contributed by atoms with Crippen molar-refractivity contribution in [3.05, 3.63) is 30.1 Å². The molecule has 1 heterocycles. The van der Waals surface area contributed by atoms with Gasteiger partial charge < -0.3 is 10.6 Å². The van der Waals surface area contributed by atoms with Crippen molar-refractivity contribution in [1.82, 2.24) is 9.88 Å². The van der Waals surface area contributed by atoms with Gasteiger partial charge in [0.15, 0.2) is 0 Å². The zero-order valence-corrected chi connectivity index (χ0v) is 14.1. The average molecular weight is 334 g/mol. The lowest BCUT2D eigenvalue weighted by Gasteiger charge is -2.32. The van der Waals surface area contributed by atoms with Crippen LogP contribution in [0, 0.1) is 5.41 Å². The van der Waals surface area contributed by atoms with Gasteiger partial charge in [0.25, 0.3) is 0 Å². The number of hydrogen-bond donors (Lipinski definition) is 1. The van der Waals surface area contributed by atoms with Crippen LogP contribution in [0.25, 0.3) is 0 Å². The highest BCUT2D eigenvalue weighted by Gasteiger charge is 2.41. The summed E-state index contributed by atoms with van der Waals surface area (Å²) >= 11 is 0. The molecule has 6 heteroatoms. The summed E-state index contributed by atoms with van der Waals surface area (Å²) in [5, 5.41) is 0. The van der Waals surface area contributed by atoms with E-state index in [0.717, 1.165) is 31.4 Å². The predicted octanol–water partition coefficient (Wildman–Crippen LogP) is 2.79. The van der Waals surface area contributed by atoms with Crippen molar-refractivity contribution < 1.29 is 4.79 Å². The first-order chi connectivity index (χ1) is 9.22.